The highest BCUT2D eigenvalue weighted by atomic mass is 16.5. The van der Waals surface area contributed by atoms with Gasteiger partial charge in [-0.05, 0) is 32.1 Å². The Bertz CT molecular complexity index is 278. The number of hydrogen-bond acceptors (Lipinski definition) is 2. The molecular weight excluding hydrogens is 162 g/mol. The average Bonchev–Trinajstić information content (AvgIpc) is 2.58. The van der Waals surface area contributed by atoms with Gasteiger partial charge in [0.25, 0.3) is 0 Å². The first-order valence-corrected chi connectivity index (χ1v) is 5.38. The summed E-state index contributed by atoms with van der Waals surface area (Å²) in [5.74, 6) is 1.16. The topological polar surface area (TPSA) is 26.0 Å². The summed E-state index contributed by atoms with van der Waals surface area (Å²) in [6, 6.07) is 0. The summed E-state index contributed by atoms with van der Waals surface area (Å²) in [5, 5.41) is 4.16. The van der Waals surface area contributed by atoms with Gasteiger partial charge in [0.15, 0.2) is 0 Å². The van der Waals surface area contributed by atoms with Crippen molar-refractivity contribution < 1.29 is 4.52 Å². The zero-order chi connectivity index (χ0) is 9.10. The van der Waals surface area contributed by atoms with Crippen LogP contribution in [0.5, 0.6) is 0 Å². The summed E-state index contributed by atoms with van der Waals surface area (Å²) in [7, 11) is 0. The summed E-state index contributed by atoms with van der Waals surface area (Å²) in [6.45, 7) is 2.21. The second kappa shape index (κ2) is 3.95. The van der Waals surface area contributed by atoms with Crippen LogP contribution < -0.4 is 0 Å². The summed E-state index contributed by atoms with van der Waals surface area (Å²) < 4.78 is 5.33. The Kier molecular flexibility index (Phi) is 2.67. The Morgan fingerprint density at radius 2 is 2.15 bits per heavy atom. The summed E-state index contributed by atoms with van der Waals surface area (Å²) in [6.07, 6.45) is 8.46. The predicted octanol–water partition coefficient (Wildman–Crippen LogP) is 2.90. The second-order valence-corrected chi connectivity index (χ2v) is 3.84. The van der Waals surface area contributed by atoms with Crippen LogP contribution in [0, 0.1) is 0 Å². The van der Waals surface area contributed by atoms with Crippen molar-refractivity contribution in [1.29, 1.82) is 0 Å². The van der Waals surface area contributed by atoms with Crippen molar-refractivity contribution in [2.45, 2.75) is 51.9 Å². The SMILES string of the molecule is CCCCc1noc2c1CCCC2. The van der Waals surface area contributed by atoms with Crippen LogP contribution in [0.15, 0.2) is 4.52 Å². The zero-order valence-electron chi connectivity index (χ0n) is 8.31. The van der Waals surface area contributed by atoms with E-state index in [4.69, 9.17) is 4.52 Å². The molecule has 0 saturated carbocycles. The molecular formula is C11H17NO. The van der Waals surface area contributed by atoms with Gasteiger partial charge in [-0.1, -0.05) is 18.5 Å². The number of aryl methyl sites for hydroxylation is 2. The fraction of sp³-hybridized carbons (Fsp3) is 0.727. The van der Waals surface area contributed by atoms with Crippen LogP contribution in [0.2, 0.25) is 0 Å². The number of aromatic nitrogens is 1. The van der Waals surface area contributed by atoms with Gasteiger partial charge in [0.1, 0.15) is 5.76 Å². The maximum Gasteiger partial charge on any atom is 0.140 e. The van der Waals surface area contributed by atoms with Crippen molar-refractivity contribution in [1.82, 2.24) is 5.16 Å². The molecule has 72 valence electrons. The molecule has 0 spiro atoms. The predicted molar refractivity (Wildman–Crippen MR) is 51.8 cm³/mol. The third-order valence-corrected chi connectivity index (χ3v) is 2.80. The van der Waals surface area contributed by atoms with Crippen LogP contribution in [-0.2, 0) is 19.3 Å². The van der Waals surface area contributed by atoms with Gasteiger partial charge in [0.2, 0.25) is 0 Å². The minimum atomic E-state index is 1.11. The van der Waals surface area contributed by atoms with Crippen LogP contribution in [0.4, 0.5) is 0 Å². The number of rotatable bonds is 3. The van der Waals surface area contributed by atoms with E-state index in [1.807, 2.05) is 0 Å². The molecule has 2 heteroatoms. The van der Waals surface area contributed by atoms with Crippen LogP contribution >= 0.6 is 0 Å². The zero-order valence-corrected chi connectivity index (χ0v) is 8.31. The average molecular weight is 179 g/mol. The molecule has 1 aromatic rings. The molecule has 0 aliphatic heterocycles. The quantitative estimate of drug-likeness (QED) is 0.713. The second-order valence-electron chi connectivity index (χ2n) is 3.84. The van der Waals surface area contributed by atoms with Crippen LogP contribution in [-0.4, -0.2) is 5.16 Å². The van der Waals surface area contributed by atoms with Gasteiger partial charge in [-0.15, -0.1) is 0 Å². The van der Waals surface area contributed by atoms with E-state index < -0.39 is 0 Å². The molecule has 0 atom stereocenters. The van der Waals surface area contributed by atoms with E-state index in [-0.39, 0.29) is 0 Å². The minimum absolute atomic E-state index is 1.11. The first-order valence-electron chi connectivity index (χ1n) is 5.38. The normalized spacial score (nSPS) is 15.8. The fourth-order valence-corrected chi connectivity index (χ4v) is 1.99. The lowest BCUT2D eigenvalue weighted by atomic mass is 9.95. The smallest absolute Gasteiger partial charge is 0.140 e. The molecule has 0 fully saturated rings. The first-order chi connectivity index (χ1) is 6.42. The molecule has 0 saturated heterocycles. The van der Waals surface area contributed by atoms with Crippen LogP contribution in [0.1, 0.15) is 49.6 Å². The van der Waals surface area contributed by atoms with Crippen LogP contribution in [0.25, 0.3) is 0 Å². The molecule has 13 heavy (non-hydrogen) atoms. The van der Waals surface area contributed by atoms with Gasteiger partial charge in [-0.2, -0.15) is 0 Å². The molecule has 0 bridgehead atoms. The first kappa shape index (κ1) is 8.79. The van der Waals surface area contributed by atoms with Crippen molar-refractivity contribution in [3.05, 3.63) is 17.0 Å². The number of nitrogens with zero attached hydrogens (tertiary/aromatic N) is 1. The van der Waals surface area contributed by atoms with Crippen molar-refractivity contribution in [3.63, 3.8) is 0 Å². The monoisotopic (exact) mass is 179 g/mol. The van der Waals surface area contributed by atoms with E-state index in [0.717, 1.165) is 18.6 Å². The van der Waals surface area contributed by atoms with E-state index in [0.29, 0.717) is 0 Å². The van der Waals surface area contributed by atoms with Crippen LogP contribution in [0.3, 0.4) is 0 Å². The molecule has 2 rings (SSSR count). The number of unbranched alkanes of at least 4 members (excludes halogenated alkanes) is 1. The Morgan fingerprint density at radius 3 is 3.00 bits per heavy atom. The van der Waals surface area contributed by atoms with Crippen molar-refractivity contribution in [2.75, 3.05) is 0 Å². The van der Waals surface area contributed by atoms with Crippen molar-refractivity contribution in [3.8, 4) is 0 Å². The molecule has 1 aromatic heterocycles. The van der Waals surface area contributed by atoms with Gasteiger partial charge < -0.3 is 4.52 Å². The van der Waals surface area contributed by atoms with Gasteiger partial charge in [-0.25, -0.2) is 0 Å². The lowest BCUT2D eigenvalue weighted by Gasteiger charge is -2.08. The molecule has 0 unspecified atom stereocenters. The van der Waals surface area contributed by atoms with Gasteiger partial charge in [0, 0.05) is 12.0 Å². The molecule has 0 aromatic carbocycles. The van der Waals surface area contributed by atoms with E-state index >= 15 is 0 Å². The Hall–Kier alpha value is -0.790. The third kappa shape index (κ3) is 1.77. The molecule has 1 aliphatic carbocycles. The summed E-state index contributed by atoms with van der Waals surface area (Å²) >= 11 is 0. The van der Waals surface area contributed by atoms with Gasteiger partial charge >= 0.3 is 0 Å². The van der Waals surface area contributed by atoms with E-state index in [2.05, 4.69) is 12.1 Å². The fourth-order valence-electron chi connectivity index (χ4n) is 1.99. The largest absolute Gasteiger partial charge is 0.361 e. The highest BCUT2D eigenvalue weighted by Crippen LogP contribution is 2.24. The lowest BCUT2D eigenvalue weighted by molar-refractivity contribution is 0.367. The Labute approximate surface area is 79.3 Å². The molecule has 1 heterocycles. The third-order valence-electron chi connectivity index (χ3n) is 2.80. The van der Waals surface area contributed by atoms with Crippen molar-refractivity contribution in [2.24, 2.45) is 0 Å². The molecule has 0 N–H and O–H groups in total. The minimum Gasteiger partial charge on any atom is -0.361 e. The van der Waals surface area contributed by atoms with Gasteiger partial charge in [0.05, 0.1) is 5.69 Å². The molecule has 2 nitrogen and oxygen atoms in total. The maximum atomic E-state index is 5.33. The number of hydrogen-bond donors (Lipinski definition) is 0. The highest BCUT2D eigenvalue weighted by molar-refractivity contribution is 5.25. The molecule has 0 radical (unpaired) electrons. The maximum absolute atomic E-state index is 5.33. The standard InChI is InChI=1S/C11H17NO/c1-2-3-7-10-9-6-4-5-8-11(9)13-12-10/h2-8H2,1H3. The summed E-state index contributed by atoms with van der Waals surface area (Å²) in [4.78, 5) is 0. The molecule has 0 amide bonds. The van der Waals surface area contributed by atoms with E-state index in [9.17, 15) is 0 Å². The van der Waals surface area contributed by atoms with Crippen molar-refractivity contribution >= 4 is 0 Å². The van der Waals surface area contributed by atoms with E-state index in [1.165, 1.54) is 43.4 Å². The number of fused-ring (bicyclic) bond motifs is 1. The Morgan fingerprint density at radius 1 is 1.31 bits per heavy atom. The molecule has 1 aliphatic rings. The summed E-state index contributed by atoms with van der Waals surface area (Å²) in [5.41, 5.74) is 2.66. The lowest BCUT2D eigenvalue weighted by Crippen LogP contribution is -2.01. The highest BCUT2D eigenvalue weighted by Gasteiger charge is 2.18. The Balaban J connectivity index is 2.12. The van der Waals surface area contributed by atoms with Gasteiger partial charge in [-0.3, -0.25) is 0 Å². The van der Waals surface area contributed by atoms with E-state index in [1.54, 1.807) is 0 Å².